The number of methoxy groups -OCH3 is 1. The van der Waals surface area contributed by atoms with E-state index in [2.05, 4.69) is 17.1 Å². The molecule has 3 unspecified atom stereocenters. The molecule has 0 radical (unpaired) electrons. The third-order valence-electron chi connectivity index (χ3n) is 5.06. The van der Waals surface area contributed by atoms with Gasteiger partial charge in [0.1, 0.15) is 0 Å². The lowest BCUT2D eigenvalue weighted by molar-refractivity contribution is 0.0538. The number of rotatable bonds is 6. The van der Waals surface area contributed by atoms with Crippen LogP contribution in [0.4, 0.5) is 0 Å². The van der Waals surface area contributed by atoms with Crippen molar-refractivity contribution in [3.63, 3.8) is 0 Å². The van der Waals surface area contributed by atoms with Crippen molar-refractivity contribution in [2.45, 2.75) is 70.4 Å². The van der Waals surface area contributed by atoms with E-state index in [0.29, 0.717) is 0 Å². The van der Waals surface area contributed by atoms with Crippen molar-refractivity contribution in [2.24, 2.45) is 5.92 Å². The van der Waals surface area contributed by atoms with Crippen LogP contribution in [0.15, 0.2) is 0 Å². The second-order valence-electron chi connectivity index (χ2n) is 6.72. The van der Waals surface area contributed by atoms with Crippen LogP contribution in [0, 0.1) is 5.92 Å². The summed E-state index contributed by atoms with van der Waals surface area (Å²) in [4.78, 5) is 2.78. The highest BCUT2D eigenvalue weighted by atomic mass is 16.5. The lowest BCUT2D eigenvalue weighted by Crippen LogP contribution is -2.53. The molecule has 0 spiro atoms. The first-order valence-corrected chi connectivity index (χ1v) is 8.81. The molecule has 20 heavy (non-hydrogen) atoms. The van der Waals surface area contributed by atoms with Crippen molar-refractivity contribution in [1.29, 1.82) is 0 Å². The van der Waals surface area contributed by atoms with Crippen molar-refractivity contribution in [3.8, 4) is 0 Å². The summed E-state index contributed by atoms with van der Waals surface area (Å²) in [7, 11) is 1.84. The van der Waals surface area contributed by atoms with Crippen molar-refractivity contribution in [1.82, 2.24) is 10.2 Å². The van der Waals surface area contributed by atoms with Gasteiger partial charge in [0.15, 0.2) is 0 Å². The quantitative estimate of drug-likeness (QED) is 0.758. The van der Waals surface area contributed by atoms with Crippen LogP contribution in [0.3, 0.4) is 0 Å². The number of piperidine rings is 1. The van der Waals surface area contributed by atoms with Crippen molar-refractivity contribution in [2.75, 3.05) is 33.4 Å². The van der Waals surface area contributed by atoms with E-state index in [4.69, 9.17) is 4.74 Å². The molecule has 1 saturated carbocycles. The summed E-state index contributed by atoms with van der Waals surface area (Å²) in [5, 5.41) is 3.83. The second kappa shape index (κ2) is 9.01. The van der Waals surface area contributed by atoms with Crippen LogP contribution in [0.5, 0.6) is 0 Å². The largest absolute Gasteiger partial charge is 0.384 e. The van der Waals surface area contributed by atoms with E-state index < -0.39 is 0 Å². The van der Waals surface area contributed by atoms with Crippen LogP contribution in [0.2, 0.25) is 0 Å². The van der Waals surface area contributed by atoms with Gasteiger partial charge in [-0.2, -0.15) is 0 Å². The molecule has 1 N–H and O–H groups in total. The Bertz CT molecular complexity index is 257. The van der Waals surface area contributed by atoms with Gasteiger partial charge in [0, 0.05) is 25.7 Å². The molecule has 0 bridgehead atoms. The van der Waals surface area contributed by atoms with Gasteiger partial charge < -0.3 is 10.1 Å². The summed E-state index contributed by atoms with van der Waals surface area (Å²) in [6.07, 6.45) is 11.0. The summed E-state index contributed by atoms with van der Waals surface area (Å²) in [6, 6.07) is 1.49. The molecule has 3 atom stereocenters. The first kappa shape index (κ1) is 16.3. The summed E-state index contributed by atoms with van der Waals surface area (Å²) in [5.74, 6) is 0.754. The third-order valence-corrected chi connectivity index (χ3v) is 5.06. The molecule has 0 aromatic rings. The monoisotopic (exact) mass is 282 g/mol. The minimum absolute atomic E-state index is 0.721. The number of hydrogen-bond donors (Lipinski definition) is 1. The molecule has 3 nitrogen and oxygen atoms in total. The average molecular weight is 282 g/mol. The van der Waals surface area contributed by atoms with E-state index in [1.54, 1.807) is 0 Å². The van der Waals surface area contributed by atoms with E-state index >= 15 is 0 Å². The Morgan fingerprint density at radius 1 is 1.10 bits per heavy atom. The highest BCUT2D eigenvalue weighted by Gasteiger charge is 2.31. The summed E-state index contributed by atoms with van der Waals surface area (Å²) in [5.41, 5.74) is 0. The number of ether oxygens (including phenoxy) is 1. The maximum absolute atomic E-state index is 5.39. The molecular formula is C17H34N2O. The smallest absolute Gasteiger partial charge is 0.0502 e. The second-order valence-corrected chi connectivity index (χ2v) is 6.72. The summed E-state index contributed by atoms with van der Waals surface area (Å²) in [6.45, 7) is 6.94. The Morgan fingerprint density at radius 2 is 1.95 bits per heavy atom. The minimum atomic E-state index is 0.721. The van der Waals surface area contributed by atoms with Crippen LogP contribution in [0.25, 0.3) is 0 Å². The van der Waals surface area contributed by atoms with Crippen LogP contribution in [-0.2, 0) is 4.74 Å². The van der Waals surface area contributed by atoms with Crippen molar-refractivity contribution >= 4 is 0 Å². The van der Waals surface area contributed by atoms with Gasteiger partial charge in [-0.25, -0.2) is 0 Å². The first-order chi connectivity index (χ1) is 9.85. The zero-order valence-corrected chi connectivity index (χ0v) is 13.6. The Balaban J connectivity index is 1.93. The van der Waals surface area contributed by atoms with Gasteiger partial charge in [0.05, 0.1) is 6.61 Å². The van der Waals surface area contributed by atoms with E-state index in [-0.39, 0.29) is 0 Å². The third kappa shape index (κ3) is 4.71. The maximum Gasteiger partial charge on any atom is 0.0502 e. The molecule has 118 valence electrons. The van der Waals surface area contributed by atoms with Gasteiger partial charge in [0.2, 0.25) is 0 Å². The van der Waals surface area contributed by atoms with Crippen LogP contribution < -0.4 is 5.32 Å². The van der Waals surface area contributed by atoms with Crippen LogP contribution in [-0.4, -0.2) is 50.3 Å². The van der Waals surface area contributed by atoms with Crippen molar-refractivity contribution in [3.05, 3.63) is 0 Å². The van der Waals surface area contributed by atoms with E-state index in [1.165, 1.54) is 71.0 Å². The predicted octanol–water partition coefficient (Wildman–Crippen LogP) is 3.05. The molecule has 2 rings (SSSR count). The van der Waals surface area contributed by atoms with Crippen molar-refractivity contribution < 1.29 is 4.74 Å². The van der Waals surface area contributed by atoms with E-state index in [1.807, 2.05) is 7.11 Å². The molecule has 2 fully saturated rings. The summed E-state index contributed by atoms with van der Waals surface area (Å²) < 4.78 is 5.39. The SMILES string of the molecule is CCCNC1CCCCCC1N1CCCC(COC)C1. The van der Waals surface area contributed by atoms with Gasteiger partial charge in [-0.3, -0.25) is 4.90 Å². The Hall–Kier alpha value is -0.120. The minimum Gasteiger partial charge on any atom is -0.384 e. The molecular weight excluding hydrogens is 248 g/mol. The molecule has 3 heteroatoms. The zero-order chi connectivity index (χ0) is 14.2. The van der Waals surface area contributed by atoms with Gasteiger partial charge in [0.25, 0.3) is 0 Å². The lowest BCUT2D eigenvalue weighted by atomic mass is 9.93. The molecule has 1 aliphatic heterocycles. The Morgan fingerprint density at radius 3 is 2.75 bits per heavy atom. The molecule has 2 aliphatic rings. The topological polar surface area (TPSA) is 24.5 Å². The zero-order valence-electron chi connectivity index (χ0n) is 13.6. The fourth-order valence-electron chi connectivity index (χ4n) is 4.06. The molecule has 1 heterocycles. The molecule has 1 saturated heterocycles. The van der Waals surface area contributed by atoms with Crippen LogP contribution in [0.1, 0.15) is 58.3 Å². The number of nitrogens with zero attached hydrogens (tertiary/aromatic N) is 1. The van der Waals surface area contributed by atoms with Gasteiger partial charge in [-0.05, 0) is 51.1 Å². The number of likely N-dealkylation sites (tertiary alicyclic amines) is 1. The molecule has 0 amide bonds. The maximum atomic E-state index is 5.39. The molecule has 1 aliphatic carbocycles. The van der Waals surface area contributed by atoms with Gasteiger partial charge in [-0.1, -0.05) is 26.2 Å². The Kier molecular flexibility index (Phi) is 7.32. The fourth-order valence-corrected chi connectivity index (χ4v) is 4.06. The predicted molar refractivity (Wildman–Crippen MR) is 85.1 cm³/mol. The fraction of sp³-hybridized carbons (Fsp3) is 1.00. The average Bonchev–Trinajstić information content (AvgIpc) is 2.71. The molecule has 0 aromatic heterocycles. The highest BCUT2D eigenvalue weighted by Crippen LogP contribution is 2.27. The van der Waals surface area contributed by atoms with Gasteiger partial charge in [-0.15, -0.1) is 0 Å². The van der Waals surface area contributed by atoms with Crippen LogP contribution >= 0.6 is 0 Å². The van der Waals surface area contributed by atoms with E-state index in [9.17, 15) is 0 Å². The van der Waals surface area contributed by atoms with Gasteiger partial charge >= 0.3 is 0 Å². The first-order valence-electron chi connectivity index (χ1n) is 8.81. The highest BCUT2D eigenvalue weighted by molar-refractivity contribution is 4.89. The normalized spacial score (nSPS) is 33.0. The standard InChI is InChI=1S/C17H34N2O/c1-3-11-18-16-9-5-4-6-10-17(16)19-12-7-8-15(13-19)14-20-2/h15-18H,3-14H2,1-2H3. The summed E-state index contributed by atoms with van der Waals surface area (Å²) >= 11 is 0. The van der Waals surface area contributed by atoms with E-state index in [0.717, 1.165) is 24.6 Å². The Labute approximate surface area is 125 Å². The number of hydrogen-bond acceptors (Lipinski definition) is 3. The number of nitrogens with one attached hydrogen (secondary N) is 1. The molecule has 0 aromatic carbocycles. The lowest BCUT2D eigenvalue weighted by Gasteiger charge is -2.41.